The van der Waals surface area contributed by atoms with Crippen LogP contribution in [0.15, 0.2) is 48.7 Å². The highest BCUT2D eigenvalue weighted by molar-refractivity contribution is 6.34. The summed E-state index contributed by atoms with van der Waals surface area (Å²) < 4.78 is 12.3. The SMILES string of the molecule is Cc1c(C(=O)Nc2cc3c(cc2Cl)OCO3)cnn1-c1ccccc1. The van der Waals surface area contributed by atoms with E-state index in [2.05, 4.69) is 10.4 Å². The summed E-state index contributed by atoms with van der Waals surface area (Å²) in [5.74, 6) is 0.827. The van der Waals surface area contributed by atoms with Crippen LogP contribution in [0.1, 0.15) is 16.1 Å². The van der Waals surface area contributed by atoms with E-state index < -0.39 is 0 Å². The van der Waals surface area contributed by atoms with Crippen LogP contribution in [-0.2, 0) is 0 Å². The van der Waals surface area contributed by atoms with Gasteiger partial charge in [0.2, 0.25) is 6.79 Å². The Labute approximate surface area is 148 Å². The molecule has 4 rings (SSSR count). The number of hydrogen-bond acceptors (Lipinski definition) is 4. The number of aromatic nitrogens is 2. The molecule has 2 heterocycles. The highest BCUT2D eigenvalue weighted by Crippen LogP contribution is 2.39. The lowest BCUT2D eigenvalue weighted by Crippen LogP contribution is -2.13. The van der Waals surface area contributed by atoms with Crippen molar-refractivity contribution < 1.29 is 14.3 Å². The number of hydrogen-bond donors (Lipinski definition) is 1. The summed E-state index contributed by atoms with van der Waals surface area (Å²) in [4.78, 5) is 12.6. The lowest BCUT2D eigenvalue weighted by Gasteiger charge is -2.09. The lowest BCUT2D eigenvalue weighted by molar-refractivity contribution is 0.102. The van der Waals surface area contributed by atoms with Crippen molar-refractivity contribution in [2.24, 2.45) is 0 Å². The number of amides is 1. The first-order chi connectivity index (χ1) is 12.1. The van der Waals surface area contributed by atoms with Gasteiger partial charge >= 0.3 is 0 Å². The van der Waals surface area contributed by atoms with Gasteiger partial charge in [0, 0.05) is 12.1 Å². The Morgan fingerprint density at radius 3 is 2.68 bits per heavy atom. The molecule has 25 heavy (non-hydrogen) atoms. The van der Waals surface area contributed by atoms with E-state index in [1.54, 1.807) is 23.0 Å². The van der Waals surface area contributed by atoms with Crippen LogP contribution in [0.2, 0.25) is 5.02 Å². The normalized spacial score (nSPS) is 12.2. The van der Waals surface area contributed by atoms with E-state index in [0.29, 0.717) is 27.8 Å². The topological polar surface area (TPSA) is 65.4 Å². The molecule has 0 fully saturated rings. The molecule has 6 nitrogen and oxygen atoms in total. The van der Waals surface area contributed by atoms with Gasteiger partial charge < -0.3 is 14.8 Å². The molecule has 126 valence electrons. The summed E-state index contributed by atoms with van der Waals surface area (Å²) in [6, 6.07) is 12.9. The number of carbonyl (C=O) groups excluding carboxylic acids is 1. The van der Waals surface area contributed by atoms with Crippen molar-refractivity contribution in [2.45, 2.75) is 6.92 Å². The van der Waals surface area contributed by atoms with Crippen LogP contribution in [0.5, 0.6) is 11.5 Å². The van der Waals surface area contributed by atoms with Gasteiger partial charge in [-0.25, -0.2) is 4.68 Å². The molecule has 0 saturated carbocycles. The fraction of sp³-hybridized carbons (Fsp3) is 0.111. The monoisotopic (exact) mass is 355 g/mol. The van der Waals surface area contributed by atoms with Crippen LogP contribution in [0.3, 0.4) is 0 Å². The molecular formula is C18H14ClN3O3. The molecule has 1 aliphatic heterocycles. The van der Waals surface area contributed by atoms with Crippen molar-refractivity contribution in [3.63, 3.8) is 0 Å². The van der Waals surface area contributed by atoms with Gasteiger partial charge in [0.25, 0.3) is 5.91 Å². The number of carbonyl (C=O) groups is 1. The minimum atomic E-state index is -0.291. The van der Waals surface area contributed by atoms with Gasteiger partial charge in [0.05, 0.1) is 33.9 Å². The van der Waals surface area contributed by atoms with E-state index in [1.165, 1.54) is 0 Å². The Bertz CT molecular complexity index is 954. The van der Waals surface area contributed by atoms with Gasteiger partial charge in [-0.1, -0.05) is 29.8 Å². The van der Waals surface area contributed by atoms with Gasteiger partial charge in [-0.3, -0.25) is 4.79 Å². The summed E-state index contributed by atoms with van der Waals surface area (Å²) in [6.07, 6.45) is 1.54. The first-order valence-corrected chi connectivity index (χ1v) is 8.02. The number of nitrogens with zero attached hydrogens (tertiary/aromatic N) is 2. The molecule has 0 radical (unpaired) electrons. The van der Waals surface area contributed by atoms with E-state index in [0.717, 1.165) is 11.4 Å². The molecule has 0 unspecified atom stereocenters. The molecule has 0 saturated heterocycles. The maximum Gasteiger partial charge on any atom is 0.259 e. The summed E-state index contributed by atoms with van der Waals surface area (Å²) in [7, 11) is 0. The van der Waals surface area contributed by atoms with Crippen LogP contribution >= 0.6 is 11.6 Å². The third-order valence-corrected chi connectivity index (χ3v) is 4.28. The summed E-state index contributed by atoms with van der Waals surface area (Å²) >= 11 is 6.21. The molecule has 0 bridgehead atoms. The maximum atomic E-state index is 12.6. The zero-order chi connectivity index (χ0) is 17.4. The van der Waals surface area contributed by atoms with Crippen molar-refractivity contribution in [3.05, 3.63) is 64.9 Å². The second-order valence-electron chi connectivity index (χ2n) is 5.53. The van der Waals surface area contributed by atoms with Gasteiger partial charge in [-0.2, -0.15) is 5.10 Å². The fourth-order valence-electron chi connectivity index (χ4n) is 2.66. The molecule has 0 atom stereocenters. The quantitative estimate of drug-likeness (QED) is 0.775. The van der Waals surface area contributed by atoms with Crippen molar-refractivity contribution >= 4 is 23.2 Å². The van der Waals surface area contributed by atoms with Crippen molar-refractivity contribution in [1.82, 2.24) is 9.78 Å². The van der Waals surface area contributed by atoms with Crippen molar-refractivity contribution in [1.29, 1.82) is 0 Å². The van der Waals surface area contributed by atoms with Crippen LogP contribution in [0, 0.1) is 6.92 Å². The Kier molecular flexibility index (Phi) is 3.82. The number of fused-ring (bicyclic) bond motifs is 1. The molecular weight excluding hydrogens is 342 g/mol. The maximum absolute atomic E-state index is 12.6. The number of para-hydroxylation sites is 1. The van der Waals surface area contributed by atoms with E-state index in [4.69, 9.17) is 21.1 Å². The average Bonchev–Trinajstić information content (AvgIpc) is 3.22. The average molecular weight is 356 g/mol. The second-order valence-corrected chi connectivity index (χ2v) is 5.94. The molecule has 0 aliphatic carbocycles. The third kappa shape index (κ3) is 2.81. The largest absolute Gasteiger partial charge is 0.454 e. The van der Waals surface area contributed by atoms with E-state index >= 15 is 0 Å². The Hall–Kier alpha value is -2.99. The number of rotatable bonds is 3. The van der Waals surface area contributed by atoms with Gasteiger partial charge in [0.1, 0.15) is 0 Å². The predicted octanol–water partition coefficient (Wildman–Crippen LogP) is 3.82. The van der Waals surface area contributed by atoms with Gasteiger partial charge in [-0.15, -0.1) is 0 Å². The highest BCUT2D eigenvalue weighted by Gasteiger charge is 2.20. The Morgan fingerprint density at radius 1 is 1.20 bits per heavy atom. The number of benzene rings is 2. The first-order valence-electron chi connectivity index (χ1n) is 7.64. The number of nitrogens with one attached hydrogen (secondary N) is 1. The van der Waals surface area contributed by atoms with E-state index in [9.17, 15) is 4.79 Å². The molecule has 1 aliphatic rings. The van der Waals surface area contributed by atoms with Crippen LogP contribution in [0.4, 0.5) is 5.69 Å². The number of halogens is 1. The number of anilines is 1. The van der Waals surface area contributed by atoms with Crippen molar-refractivity contribution in [3.8, 4) is 17.2 Å². The van der Waals surface area contributed by atoms with Crippen LogP contribution in [-0.4, -0.2) is 22.5 Å². The predicted molar refractivity (Wildman–Crippen MR) is 93.8 cm³/mol. The molecule has 2 aromatic carbocycles. The third-order valence-electron chi connectivity index (χ3n) is 3.97. The molecule has 0 spiro atoms. The second kappa shape index (κ2) is 6.14. The molecule has 7 heteroatoms. The zero-order valence-corrected chi connectivity index (χ0v) is 14.1. The minimum Gasteiger partial charge on any atom is -0.454 e. The Morgan fingerprint density at radius 2 is 1.92 bits per heavy atom. The lowest BCUT2D eigenvalue weighted by atomic mass is 10.2. The standard InChI is InChI=1S/C18H14ClN3O3/c1-11-13(9-20-22(11)12-5-3-2-4-6-12)18(23)21-15-8-17-16(7-14(15)19)24-10-25-17/h2-9H,10H2,1H3,(H,21,23). The summed E-state index contributed by atoms with van der Waals surface area (Å²) in [5, 5.41) is 7.49. The fourth-order valence-corrected chi connectivity index (χ4v) is 2.87. The zero-order valence-electron chi connectivity index (χ0n) is 13.3. The van der Waals surface area contributed by atoms with Crippen LogP contribution in [0.25, 0.3) is 5.69 Å². The Balaban J connectivity index is 1.61. The first kappa shape index (κ1) is 15.5. The molecule has 1 N–H and O–H groups in total. The molecule has 1 aromatic heterocycles. The van der Waals surface area contributed by atoms with E-state index in [-0.39, 0.29) is 12.7 Å². The number of ether oxygens (including phenoxy) is 2. The summed E-state index contributed by atoms with van der Waals surface area (Å²) in [5.41, 5.74) is 2.56. The van der Waals surface area contributed by atoms with E-state index in [1.807, 2.05) is 37.3 Å². The highest BCUT2D eigenvalue weighted by atomic mass is 35.5. The van der Waals surface area contributed by atoms with Crippen LogP contribution < -0.4 is 14.8 Å². The van der Waals surface area contributed by atoms with Crippen molar-refractivity contribution in [2.75, 3.05) is 12.1 Å². The molecule has 3 aromatic rings. The van der Waals surface area contributed by atoms with Gasteiger partial charge in [0.15, 0.2) is 11.5 Å². The summed E-state index contributed by atoms with van der Waals surface area (Å²) in [6.45, 7) is 1.99. The minimum absolute atomic E-state index is 0.145. The smallest absolute Gasteiger partial charge is 0.259 e. The molecule has 1 amide bonds. The van der Waals surface area contributed by atoms with Gasteiger partial charge in [-0.05, 0) is 19.1 Å².